The Labute approximate surface area is 106 Å². The van der Waals surface area contributed by atoms with Gasteiger partial charge < -0.3 is 9.47 Å². The summed E-state index contributed by atoms with van der Waals surface area (Å²) in [6, 6.07) is 4.93. The lowest BCUT2D eigenvalue weighted by atomic mass is 10.3. The van der Waals surface area contributed by atoms with Gasteiger partial charge in [0.25, 0.3) is 0 Å². The molecule has 2 nitrogen and oxygen atoms in total. The van der Waals surface area contributed by atoms with Crippen molar-refractivity contribution in [3.05, 3.63) is 21.8 Å². The first-order chi connectivity index (χ1) is 7.65. The van der Waals surface area contributed by atoms with E-state index < -0.39 is 6.61 Å². The molecule has 0 atom stereocenters. The van der Waals surface area contributed by atoms with Gasteiger partial charge in [0.15, 0.2) is 11.5 Å². The standard InChI is InChI=1S/C11H11F2IO2/c12-11(13)16-9-4-3-8(14)5-10(9)15-6-7-1-2-7/h3-5,7,11H,1-2,6H2. The zero-order chi connectivity index (χ0) is 11.5. The molecule has 1 aromatic rings. The van der Waals surface area contributed by atoms with Crippen molar-refractivity contribution in [3.8, 4) is 11.5 Å². The van der Waals surface area contributed by atoms with Crippen LogP contribution in [-0.4, -0.2) is 13.2 Å². The summed E-state index contributed by atoms with van der Waals surface area (Å²) in [5.41, 5.74) is 0. The van der Waals surface area contributed by atoms with E-state index in [0.29, 0.717) is 18.3 Å². The molecule has 0 unspecified atom stereocenters. The van der Waals surface area contributed by atoms with E-state index in [-0.39, 0.29) is 5.75 Å². The summed E-state index contributed by atoms with van der Waals surface area (Å²) in [6.45, 7) is -2.23. The molecule has 0 saturated heterocycles. The van der Waals surface area contributed by atoms with Crippen LogP contribution in [0.1, 0.15) is 12.8 Å². The molecular formula is C11H11F2IO2. The summed E-state index contributed by atoms with van der Waals surface area (Å²) in [4.78, 5) is 0. The monoisotopic (exact) mass is 340 g/mol. The molecule has 0 heterocycles. The Morgan fingerprint density at radius 1 is 1.31 bits per heavy atom. The minimum absolute atomic E-state index is 0.107. The highest BCUT2D eigenvalue weighted by molar-refractivity contribution is 14.1. The minimum atomic E-state index is -2.82. The molecule has 0 aromatic heterocycles. The van der Waals surface area contributed by atoms with Gasteiger partial charge in [0.2, 0.25) is 0 Å². The quantitative estimate of drug-likeness (QED) is 0.762. The van der Waals surface area contributed by atoms with E-state index in [1.807, 2.05) is 0 Å². The van der Waals surface area contributed by atoms with Gasteiger partial charge in [-0.05, 0) is 59.5 Å². The van der Waals surface area contributed by atoms with Gasteiger partial charge in [-0.2, -0.15) is 8.78 Å². The molecule has 1 aromatic carbocycles. The molecule has 1 fully saturated rings. The third-order valence-electron chi connectivity index (χ3n) is 2.29. The van der Waals surface area contributed by atoms with Crippen LogP contribution in [0, 0.1) is 9.49 Å². The van der Waals surface area contributed by atoms with Crippen LogP contribution < -0.4 is 9.47 Å². The minimum Gasteiger partial charge on any atom is -0.489 e. The second kappa shape index (κ2) is 5.16. The second-order valence-corrected chi connectivity index (χ2v) is 4.97. The number of benzene rings is 1. The van der Waals surface area contributed by atoms with Crippen molar-refractivity contribution < 1.29 is 18.3 Å². The highest BCUT2D eigenvalue weighted by Gasteiger charge is 2.23. The van der Waals surface area contributed by atoms with E-state index in [1.54, 1.807) is 12.1 Å². The topological polar surface area (TPSA) is 18.5 Å². The van der Waals surface area contributed by atoms with Crippen molar-refractivity contribution in [3.63, 3.8) is 0 Å². The summed E-state index contributed by atoms with van der Waals surface area (Å²) in [6.07, 6.45) is 2.32. The van der Waals surface area contributed by atoms with E-state index in [9.17, 15) is 8.78 Å². The van der Waals surface area contributed by atoms with E-state index in [4.69, 9.17) is 4.74 Å². The van der Waals surface area contributed by atoms with Crippen LogP contribution in [0.15, 0.2) is 18.2 Å². The molecule has 0 amide bonds. The van der Waals surface area contributed by atoms with Crippen molar-refractivity contribution in [2.45, 2.75) is 19.5 Å². The Kier molecular flexibility index (Phi) is 3.83. The van der Waals surface area contributed by atoms with Crippen molar-refractivity contribution in [1.82, 2.24) is 0 Å². The predicted octanol–water partition coefficient (Wildman–Crippen LogP) is 3.68. The average molecular weight is 340 g/mol. The first-order valence-corrected chi connectivity index (χ1v) is 6.10. The molecule has 0 aliphatic heterocycles. The highest BCUT2D eigenvalue weighted by atomic mass is 127. The van der Waals surface area contributed by atoms with Gasteiger partial charge in [0.05, 0.1) is 6.61 Å². The molecule has 2 rings (SSSR count). The second-order valence-electron chi connectivity index (χ2n) is 3.72. The molecule has 0 radical (unpaired) electrons. The molecule has 0 N–H and O–H groups in total. The fourth-order valence-electron chi connectivity index (χ4n) is 1.28. The van der Waals surface area contributed by atoms with Crippen LogP contribution in [0.2, 0.25) is 0 Å². The van der Waals surface area contributed by atoms with Crippen LogP contribution in [0.25, 0.3) is 0 Å². The zero-order valence-corrected chi connectivity index (χ0v) is 10.6. The lowest BCUT2D eigenvalue weighted by Crippen LogP contribution is -2.06. The number of hydrogen-bond acceptors (Lipinski definition) is 2. The Balaban J connectivity index is 2.07. The maximum Gasteiger partial charge on any atom is 0.387 e. The van der Waals surface area contributed by atoms with Crippen molar-refractivity contribution in [1.29, 1.82) is 0 Å². The van der Waals surface area contributed by atoms with Crippen molar-refractivity contribution in [2.75, 3.05) is 6.61 Å². The molecule has 88 valence electrons. The number of hydrogen-bond donors (Lipinski definition) is 0. The Morgan fingerprint density at radius 2 is 2.06 bits per heavy atom. The van der Waals surface area contributed by atoms with Gasteiger partial charge in [-0.25, -0.2) is 0 Å². The number of rotatable bonds is 5. The molecule has 5 heteroatoms. The summed E-state index contributed by atoms with van der Waals surface area (Å²) >= 11 is 2.11. The number of halogens is 3. The molecular weight excluding hydrogens is 329 g/mol. The normalized spacial score (nSPS) is 15.2. The fraction of sp³-hybridized carbons (Fsp3) is 0.455. The summed E-state index contributed by atoms with van der Waals surface area (Å²) < 4.78 is 35.1. The van der Waals surface area contributed by atoms with Crippen LogP contribution in [0.3, 0.4) is 0 Å². The van der Waals surface area contributed by atoms with E-state index in [2.05, 4.69) is 27.3 Å². The van der Waals surface area contributed by atoms with E-state index in [1.165, 1.54) is 6.07 Å². The van der Waals surface area contributed by atoms with Crippen LogP contribution in [0.5, 0.6) is 11.5 Å². The number of ether oxygens (including phenoxy) is 2. The van der Waals surface area contributed by atoms with Gasteiger partial charge in [-0.1, -0.05) is 0 Å². The maximum atomic E-state index is 12.1. The Bertz CT molecular complexity index is 367. The highest BCUT2D eigenvalue weighted by Crippen LogP contribution is 2.34. The lowest BCUT2D eigenvalue weighted by Gasteiger charge is -2.12. The predicted molar refractivity (Wildman–Crippen MR) is 64.0 cm³/mol. The van der Waals surface area contributed by atoms with Gasteiger partial charge in [-0.15, -0.1) is 0 Å². The van der Waals surface area contributed by atoms with Crippen molar-refractivity contribution >= 4 is 22.6 Å². The molecule has 1 saturated carbocycles. The molecule has 16 heavy (non-hydrogen) atoms. The van der Waals surface area contributed by atoms with Crippen LogP contribution in [0.4, 0.5) is 8.78 Å². The Morgan fingerprint density at radius 3 is 2.69 bits per heavy atom. The number of alkyl halides is 2. The summed E-state index contributed by atoms with van der Waals surface area (Å²) in [7, 11) is 0. The first kappa shape index (κ1) is 11.9. The maximum absolute atomic E-state index is 12.1. The largest absolute Gasteiger partial charge is 0.489 e. The van der Waals surface area contributed by atoms with E-state index >= 15 is 0 Å². The Hall–Kier alpha value is -0.590. The third-order valence-corrected chi connectivity index (χ3v) is 2.96. The summed E-state index contributed by atoms with van der Waals surface area (Å²) in [5.74, 6) is 1.09. The lowest BCUT2D eigenvalue weighted by molar-refractivity contribution is -0.0515. The molecule has 0 spiro atoms. The van der Waals surface area contributed by atoms with Gasteiger partial charge in [0.1, 0.15) is 0 Å². The SMILES string of the molecule is FC(F)Oc1ccc(I)cc1OCC1CC1. The van der Waals surface area contributed by atoms with Crippen LogP contribution >= 0.6 is 22.6 Å². The molecule has 1 aliphatic rings. The molecule has 1 aliphatic carbocycles. The third kappa shape index (κ3) is 3.47. The van der Waals surface area contributed by atoms with Gasteiger partial charge in [-0.3, -0.25) is 0 Å². The first-order valence-electron chi connectivity index (χ1n) is 5.02. The molecule has 0 bridgehead atoms. The summed E-state index contributed by atoms with van der Waals surface area (Å²) in [5, 5.41) is 0. The average Bonchev–Trinajstić information content (AvgIpc) is 3.01. The zero-order valence-electron chi connectivity index (χ0n) is 8.46. The van der Waals surface area contributed by atoms with Crippen molar-refractivity contribution in [2.24, 2.45) is 5.92 Å². The fourth-order valence-corrected chi connectivity index (χ4v) is 1.74. The van der Waals surface area contributed by atoms with Crippen LogP contribution in [-0.2, 0) is 0 Å². The smallest absolute Gasteiger partial charge is 0.387 e. The van der Waals surface area contributed by atoms with Gasteiger partial charge in [0, 0.05) is 3.57 Å². The van der Waals surface area contributed by atoms with E-state index in [0.717, 1.165) is 16.4 Å². The van der Waals surface area contributed by atoms with Gasteiger partial charge >= 0.3 is 6.61 Å².